The van der Waals surface area contributed by atoms with Crippen LogP contribution in [0.1, 0.15) is 33.3 Å². The minimum atomic E-state index is -0.0830. The smallest absolute Gasteiger partial charge is 0.179 e. The van der Waals surface area contributed by atoms with Gasteiger partial charge in [0.05, 0.1) is 0 Å². The Kier molecular flexibility index (Phi) is 8.23. The van der Waals surface area contributed by atoms with Crippen LogP contribution in [-0.2, 0) is 4.79 Å². The van der Waals surface area contributed by atoms with Gasteiger partial charge in [0, 0.05) is 32.7 Å². The van der Waals surface area contributed by atoms with E-state index in [1.54, 1.807) is 42.5 Å². The lowest BCUT2D eigenvalue weighted by Gasteiger charge is -2.16. The van der Waals surface area contributed by atoms with Crippen LogP contribution in [0.5, 0.6) is 5.75 Å². The van der Waals surface area contributed by atoms with E-state index in [9.17, 15) is 14.7 Å². The number of phenols is 1. The zero-order valence-corrected chi connectivity index (χ0v) is 21.1. The van der Waals surface area contributed by atoms with E-state index >= 15 is 0 Å². The van der Waals surface area contributed by atoms with Gasteiger partial charge in [-0.25, -0.2) is 0 Å². The van der Waals surface area contributed by atoms with Crippen molar-refractivity contribution in [2.45, 2.75) is 27.7 Å². The topological polar surface area (TPSA) is 67.5 Å². The van der Waals surface area contributed by atoms with Crippen LogP contribution in [0.4, 0.5) is 0 Å². The molecule has 182 valence electrons. The Bertz CT molecular complexity index is 1700. The zero-order chi connectivity index (χ0) is 26.4. The van der Waals surface area contributed by atoms with E-state index in [1.807, 2.05) is 52.0 Å². The SMILES string of the molecule is C=C/C=C(/C=O)C(=C)c1c2ccc3cc(O)ccc3c2oc2c1ccc1cc(=O)ccc12.CC.CC. The number of phenolic OH excluding ortho intramolecular Hbond substituents is 1. The van der Waals surface area contributed by atoms with Gasteiger partial charge in [-0.15, -0.1) is 0 Å². The van der Waals surface area contributed by atoms with Gasteiger partial charge in [-0.2, -0.15) is 0 Å². The van der Waals surface area contributed by atoms with Gasteiger partial charge in [0.2, 0.25) is 0 Å². The molecule has 0 amide bonds. The third kappa shape index (κ3) is 4.58. The normalized spacial score (nSPS) is 10.9. The molecule has 1 aromatic heterocycles. The molecule has 0 aliphatic carbocycles. The van der Waals surface area contributed by atoms with Gasteiger partial charge in [0.15, 0.2) is 11.7 Å². The van der Waals surface area contributed by atoms with Gasteiger partial charge in [-0.1, -0.05) is 65.1 Å². The molecular formula is C32H30O4. The Hall–Kier alpha value is -4.44. The van der Waals surface area contributed by atoms with Crippen LogP contribution in [0, 0.1) is 0 Å². The number of hydrogen-bond donors (Lipinski definition) is 1. The monoisotopic (exact) mass is 478 g/mol. The van der Waals surface area contributed by atoms with Crippen molar-refractivity contribution in [3.05, 3.63) is 107 Å². The van der Waals surface area contributed by atoms with Crippen LogP contribution < -0.4 is 5.43 Å². The Morgan fingerprint density at radius 3 is 1.89 bits per heavy atom. The maximum Gasteiger partial charge on any atom is 0.179 e. The molecule has 0 saturated heterocycles. The first-order valence-electron chi connectivity index (χ1n) is 12.0. The summed E-state index contributed by atoms with van der Waals surface area (Å²) in [7, 11) is 0. The maximum atomic E-state index is 11.9. The van der Waals surface area contributed by atoms with Gasteiger partial charge in [0.1, 0.15) is 16.9 Å². The summed E-state index contributed by atoms with van der Waals surface area (Å²) in [4.78, 5) is 23.7. The summed E-state index contributed by atoms with van der Waals surface area (Å²) in [6.07, 6.45) is 3.94. The number of allylic oxidation sites excluding steroid dienone is 4. The number of benzene rings is 4. The summed E-state index contributed by atoms with van der Waals surface area (Å²) in [6, 6.07) is 17.5. The zero-order valence-electron chi connectivity index (χ0n) is 21.1. The first kappa shape index (κ1) is 26.2. The molecule has 0 aliphatic rings. The van der Waals surface area contributed by atoms with Crippen molar-refractivity contribution >= 4 is 55.3 Å². The summed E-state index contributed by atoms with van der Waals surface area (Å²) in [5.41, 5.74) is 2.84. The highest BCUT2D eigenvalue weighted by atomic mass is 16.3. The second-order valence-corrected chi connectivity index (χ2v) is 7.60. The molecule has 5 aromatic rings. The lowest BCUT2D eigenvalue weighted by atomic mass is 9.91. The first-order chi connectivity index (χ1) is 17.5. The lowest BCUT2D eigenvalue weighted by molar-refractivity contribution is -0.104. The fourth-order valence-corrected chi connectivity index (χ4v) is 4.24. The molecule has 0 fully saturated rings. The second kappa shape index (κ2) is 11.3. The molecule has 0 unspecified atom stereocenters. The fraction of sp³-hybridized carbons (Fsp3) is 0.125. The molecule has 4 aromatic carbocycles. The first-order valence-corrected chi connectivity index (χ1v) is 12.0. The third-order valence-corrected chi connectivity index (χ3v) is 5.71. The summed E-state index contributed by atoms with van der Waals surface area (Å²) in [5.74, 6) is 0.160. The third-order valence-electron chi connectivity index (χ3n) is 5.71. The van der Waals surface area contributed by atoms with E-state index in [2.05, 4.69) is 13.2 Å². The maximum absolute atomic E-state index is 11.9. The quantitative estimate of drug-likeness (QED) is 0.0927. The average molecular weight is 479 g/mol. The highest BCUT2D eigenvalue weighted by molar-refractivity contribution is 6.19. The molecule has 4 nitrogen and oxygen atoms in total. The van der Waals surface area contributed by atoms with Gasteiger partial charge >= 0.3 is 0 Å². The number of aldehydes is 1. The number of aromatic hydroxyl groups is 1. The van der Waals surface area contributed by atoms with Gasteiger partial charge in [-0.3, -0.25) is 9.59 Å². The molecule has 0 bridgehead atoms. The van der Waals surface area contributed by atoms with E-state index in [0.29, 0.717) is 22.3 Å². The predicted octanol–water partition coefficient (Wildman–Crippen LogP) is 8.34. The molecule has 1 heterocycles. The molecule has 5 rings (SSSR count). The van der Waals surface area contributed by atoms with E-state index in [-0.39, 0.29) is 11.2 Å². The fourth-order valence-electron chi connectivity index (χ4n) is 4.24. The molecular weight excluding hydrogens is 448 g/mol. The molecule has 0 aliphatic heterocycles. The lowest BCUT2D eigenvalue weighted by Crippen LogP contribution is -1.97. The Morgan fingerprint density at radius 1 is 0.806 bits per heavy atom. The number of carbonyl (C=O) groups excluding carboxylic acids is 1. The van der Waals surface area contributed by atoms with Gasteiger partial charge < -0.3 is 9.52 Å². The van der Waals surface area contributed by atoms with Crippen molar-refractivity contribution in [2.24, 2.45) is 0 Å². The Balaban J connectivity index is 0.000000861. The van der Waals surface area contributed by atoms with Crippen molar-refractivity contribution in [1.29, 1.82) is 0 Å². The number of hydrogen-bond acceptors (Lipinski definition) is 4. The summed E-state index contributed by atoms with van der Waals surface area (Å²) in [6.45, 7) is 15.9. The average Bonchev–Trinajstić information content (AvgIpc) is 2.91. The Labute approximate surface area is 210 Å². The number of rotatable bonds is 4. The molecule has 0 atom stereocenters. The van der Waals surface area contributed by atoms with E-state index < -0.39 is 0 Å². The molecule has 36 heavy (non-hydrogen) atoms. The van der Waals surface area contributed by atoms with Crippen LogP contribution >= 0.6 is 0 Å². The highest BCUT2D eigenvalue weighted by Crippen LogP contribution is 2.40. The summed E-state index contributed by atoms with van der Waals surface area (Å²) < 4.78 is 6.46. The van der Waals surface area contributed by atoms with Gasteiger partial charge in [-0.05, 0) is 64.9 Å². The van der Waals surface area contributed by atoms with Crippen LogP contribution in [0.15, 0.2) is 101 Å². The molecule has 0 saturated carbocycles. The Morgan fingerprint density at radius 2 is 1.33 bits per heavy atom. The largest absolute Gasteiger partial charge is 0.508 e. The molecule has 0 spiro atoms. The standard InChI is InChI=1S/C28H18O4.2C2H6/c1-3-4-19(15-29)16(2)26-24-9-5-17-13-20(30)7-11-22(17)27(24)32-28-23-12-8-21(31)14-18(23)6-10-25(26)28;2*1-2/h3-15,30H,1-2H2;2*1-2H3/b19-4-;;. The summed E-state index contributed by atoms with van der Waals surface area (Å²) in [5, 5.41) is 14.7. The van der Waals surface area contributed by atoms with Crippen molar-refractivity contribution in [3.8, 4) is 5.75 Å². The second-order valence-electron chi connectivity index (χ2n) is 7.60. The van der Waals surface area contributed by atoms with Crippen LogP contribution in [-0.4, -0.2) is 11.4 Å². The highest BCUT2D eigenvalue weighted by Gasteiger charge is 2.18. The van der Waals surface area contributed by atoms with Gasteiger partial charge in [0.25, 0.3) is 0 Å². The van der Waals surface area contributed by atoms with Crippen LogP contribution in [0.3, 0.4) is 0 Å². The molecule has 4 heteroatoms. The minimum absolute atomic E-state index is 0.0830. The van der Waals surface area contributed by atoms with Crippen LogP contribution in [0.2, 0.25) is 0 Å². The van der Waals surface area contributed by atoms with E-state index in [4.69, 9.17) is 4.42 Å². The predicted molar refractivity (Wildman–Crippen MR) is 153 cm³/mol. The number of carbonyl (C=O) groups is 1. The molecule has 0 radical (unpaired) electrons. The van der Waals surface area contributed by atoms with Crippen molar-refractivity contribution in [3.63, 3.8) is 0 Å². The van der Waals surface area contributed by atoms with Crippen molar-refractivity contribution in [1.82, 2.24) is 0 Å². The molecule has 1 N–H and O–H groups in total. The minimum Gasteiger partial charge on any atom is -0.508 e. The van der Waals surface area contributed by atoms with Crippen molar-refractivity contribution < 1.29 is 14.3 Å². The van der Waals surface area contributed by atoms with E-state index in [1.165, 1.54) is 6.07 Å². The summed E-state index contributed by atoms with van der Waals surface area (Å²) >= 11 is 0. The van der Waals surface area contributed by atoms with Crippen molar-refractivity contribution in [2.75, 3.05) is 0 Å². The van der Waals surface area contributed by atoms with Crippen LogP contribution in [0.25, 0.3) is 49.1 Å². The van der Waals surface area contributed by atoms with E-state index in [0.717, 1.165) is 44.2 Å². The number of fused-ring (bicyclic) bond motifs is 6.